The molecule has 0 aromatic heterocycles. The molecular weight excluding hydrogens is 338 g/mol. The van der Waals surface area contributed by atoms with E-state index in [0.29, 0.717) is 18.7 Å². The number of hydrogen-bond donors (Lipinski definition) is 1. The van der Waals surface area contributed by atoms with E-state index in [1.54, 1.807) is 4.90 Å². The molecule has 0 spiro atoms. The van der Waals surface area contributed by atoms with E-state index in [1.165, 1.54) is 0 Å². The van der Waals surface area contributed by atoms with E-state index in [4.69, 9.17) is 5.73 Å². The Morgan fingerprint density at radius 1 is 0.963 bits per heavy atom. The number of primary amides is 1. The van der Waals surface area contributed by atoms with E-state index < -0.39 is 5.91 Å². The maximum atomic E-state index is 13.0. The first-order valence-corrected chi connectivity index (χ1v) is 9.44. The number of carbonyl (C=O) groups is 2. The normalized spacial score (nSPS) is 10.4. The SMILES string of the molecule is CCCCN(C)c1ccc(C(=O)N(CCC(N)=O)Cc2ccccc2)cc1. The summed E-state index contributed by atoms with van der Waals surface area (Å²) in [4.78, 5) is 28.0. The molecule has 2 aromatic carbocycles. The third-order valence-electron chi connectivity index (χ3n) is 4.53. The Morgan fingerprint density at radius 2 is 1.63 bits per heavy atom. The Labute approximate surface area is 161 Å². The number of rotatable bonds is 10. The monoisotopic (exact) mass is 367 g/mol. The van der Waals surface area contributed by atoms with E-state index in [9.17, 15) is 9.59 Å². The average Bonchev–Trinajstić information content (AvgIpc) is 2.69. The summed E-state index contributed by atoms with van der Waals surface area (Å²) in [6.45, 7) is 3.91. The predicted octanol–water partition coefficient (Wildman–Crippen LogP) is 3.44. The topological polar surface area (TPSA) is 66.6 Å². The van der Waals surface area contributed by atoms with Crippen LogP contribution in [0.25, 0.3) is 0 Å². The molecular formula is C22H29N3O2. The number of nitrogens with two attached hydrogens (primary N) is 1. The molecule has 2 N–H and O–H groups in total. The summed E-state index contributed by atoms with van der Waals surface area (Å²) < 4.78 is 0. The fourth-order valence-corrected chi connectivity index (χ4v) is 2.87. The second-order valence-electron chi connectivity index (χ2n) is 6.75. The van der Waals surface area contributed by atoms with Crippen molar-refractivity contribution in [1.29, 1.82) is 0 Å². The van der Waals surface area contributed by atoms with Crippen LogP contribution >= 0.6 is 0 Å². The van der Waals surface area contributed by atoms with Crippen LogP contribution in [0, 0.1) is 0 Å². The smallest absolute Gasteiger partial charge is 0.254 e. The van der Waals surface area contributed by atoms with Gasteiger partial charge in [0.05, 0.1) is 0 Å². The lowest BCUT2D eigenvalue weighted by Gasteiger charge is -2.23. The number of anilines is 1. The largest absolute Gasteiger partial charge is 0.375 e. The number of carbonyl (C=O) groups excluding carboxylic acids is 2. The summed E-state index contributed by atoms with van der Waals surface area (Å²) in [6.07, 6.45) is 2.43. The number of benzene rings is 2. The summed E-state index contributed by atoms with van der Waals surface area (Å²) in [7, 11) is 2.06. The molecule has 5 nitrogen and oxygen atoms in total. The highest BCUT2D eigenvalue weighted by molar-refractivity contribution is 5.94. The lowest BCUT2D eigenvalue weighted by molar-refractivity contribution is -0.118. The van der Waals surface area contributed by atoms with Crippen LogP contribution in [0.1, 0.15) is 42.1 Å². The van der Waals surface area contributed by atoms with Crippen molar-refractivity contribution in [3.8, 4) is 0 Å². The average molecular weight is 367 g/mol. The van der Waals surface area contributed by atoms with E-state index in [-0.39, 0.29) is 12.3 Å². The van der Waals surface area contributed by atoms with Crippen LogP contribution in [0.15, 0.2) is 54.6 Å². The maximum Gasteiger partial charge on any atom is 0.254 e. The van der Waals surface area contributed by atoms with Gasteiger partial charge in [0.1, 0.15) is 0 Å². The van der Waals surface area contributed by atoms with Crippen molar-refractivity contribution in [1.82, 2.24) is 4.90 Å². The molecule has 2 amide bonds. The molecule has 2 rings (SSSR count). The lowest BCUT2D eigenvalue weighted by Crippen LogP contribution is -2.33. The number of unbranched alkanes of at least 4 members (excludes halogenated alkanes) is 1. The Bertz CT molecular complexity index is 729. The van der Waals surface area contributed by atoms with Crippen LogP contribution in [0.5, 0.6) is 0 Å². The lowest BCUT2D eigenvalue weighted by atomic mass is 10.1. The standard InChI is InChI=1S/C22H29N3O2/c1-3-4-15-24(2)20-12-10-19(11-13-20)22(27)25(16-14-21(23)26)17-18-8-6-5-7-9-18/h5-13H,3-4,14-17H2,1-2H3,(H2,23,26). The molecule has 0 saturated carbocycles. The summed E-state index contributed by atoms with van der Waals surface area (Å²) in [5.41, 5.74) is 8.01. The van der Waals surface area contributed by atoms with Gasteiger partial charge in [-0.15, -0.1) is 0 Å². The van der Waals surface area contributed by atoms with E-state index in [2.05, 4.69) is 18.9 Å². The predicted molar refractivity (Wildman–Crippen MR) is 110 cm³/mol. The molecule has 2 aromatic rings. The van der Waals surface area contributed by atoms with Crippen LogP contribution in [-0.4, -0.2) is 36.9 Å². The van der Waals surface area contributed by atoms with Crippen molar-refractivity contribution < 1.29 is 9.59 Å². The Morgan fingerprint density at radius 3 is 2.22 bits per heavy atom. The zero-order chi connectivity index (χ0) is 19.6. The second kappa shape index (κ2) is 10.4. The van der Waals surface area contributed by atoms with E-state index >= 15 is 0 Å². The van der Waals surface area contributed by atoms with Gasteiger partial charge in [-0.3, -0.25) is 9.59 Å². The summed E-state index contributed by atoms with van der Waals surface area (Å²) in [5, 5.41) is 0. The molecule has 27 heavy (non-hydrogen) atoms. The van der Waals surface area contributed by atoms with Crippen molar-refractivity contribution in [2.75, 3.05) is 25.0 Å². The van der Waals surface area contributed by atoms with Gasteiger partial charge >= 0.3 is 0 Å². The van der Waals surface area contributed by atoms with Crippen LogP contribution in [0.4, 0.5) is 5.69 Å². The first-order valence-electron chi connectivity index (χ1n) is 9.44. The molecule has 0 atom stereocenters. The molecule has 0 bridgehead atoms. The highest BCUT2D eigenvalue weighted by atomic mass is 16.2. The van der Waals surface area contributed by atoms with Gasteiger partial charge in [0.15, 0.2) is 0 Å². The van der Waals surface area contributed by atoms with Gasteiger partial charge in [-0.05, 0) is 36.2 Å². The van der Waals surface area contributed by atoms with E-state index in [1.807, 2.05) is 54.6 Å². The second-order valence-corrected chi connectivity index (χ2v) is 6.75. The Kier molecular flexibility index (Phi) is 7.86. The van der Waals surface area contributed by atoms with Crippen molar-refractivity contribution in [3.05, 3.63) is 65.7 Å². The maximum absolute atomic E-state index is 13.0. The van der Waals surface area contributed by atoms with Gasteiger partial charge in [-0.1, -0.05) is 43.7 Å². The first-order chi connectivity index (χ1) is 13.0. The number of nitrogens with zero attached hydrogens (tertiary/aromatic N) is 2. The quantitative estimate of drug-likeness (QED) is 0.699. The Hall–Kier alpha value is -2.82. The molecule has 0 aliphatic rings. The minimum Gasteiger partial charge on any atom is -0.375 e. The minimum atomic E-state index is -0.409. The van der Waals surface area contributed by atoms with Crippen molar-refractivity contribution >= 4 is 17.5 Å². The van der Waals surface area contributed by atoms with Crippen LogP contribution in [-0.2, 0) is 11.3 Å². The minimum absolute atomic E-state index is 0.0946. The summed E-state index contributed by atoms with van der Waals surface area (Å²) in [6, 6.07) is 17.4. The Balaban J connectivity index is 2.12. The molecule has 0 aliphatic carbocycles. The summed E-state index contributed by atoms with van der Waals surface area (Å²) >= 11 is 0. The number of hydrogen-bond acceptors (Lipinski definition) is 3. The highest BCUT2D eigenvalue weighted by Crippen LogP contribution is 2.17. The zero-order valence-electron chi connectivity index (χ0n) is 16.2. The van der Waals surface area contributed by atoms with Gasteiger partial charge in [-0.2, -0.15) is 0 Å². The first kappa shape index (κ1) is 20.5. The van der Waals surface area contributed by atoms with Gasteiger partial charge < -0.3 is 15.5 Å². The van der Waals surface area contributed by atoms with Crippen LogP contribution < -0.4 is 10.6 Å². The fourth-order valence-electron chi connectivity index (χ4n) is 2.87. The van der Waals surface area contributed by atoms with Crippen molar-refractivity contribution in [2.24, 2.45) is 5.73 Å². The van der Waals surface area contributed by atoms with Gasteiger partial charge in [0, 0.05) is 44.4 Å². The highest BCUT2D eigenvalue weighted by Gasteiger charge is 2.17. The molecule has 0 aliphatic heterocycles. The molecule has 0 heterocycles. The molecule has 0 fully saturated rings. The molecule has 144 valence electrons. The molecule has 0 saturated heterocycles. The third-order valence-corrected chi connectivity index (χ3v) is 4.53. The number of amides is 2. The van der Waals surface area contributed by atoms with Crippen LogP contribution in [0.3, 0.4) is 0 Å². The third kappa shape index (κ3) is 6.44. The van der Waals surface area contributed by atoms with E-state index in [0.717, 1.165) is 30.6 Å². The van der Waals surface area contributed by atoms with Gasteiger partial charge in [-0.25, -0.2) is 0 Å². The fraction of sp³-hybridized carbons (Fsp3) is 0.364. The van der Waals surface area contributed by atoms with Gasteiger partial charge in [0.25, 0.3) is 5.91 Å². The summed E-state index contributed by atoms with van der Waals surface area (Å²) in [5.74, 6) is -0.503. The molecule has 5 heteroatoms. The van der Waals surface area contributed by atoms with Gasteiger partial charge in [0.2, 0.25) is 5.91 Å². The zero-order valence-corrected chi connectivity index (χ0v) is 16.2. The molecule has 0 unspecified atom stereocenters. The van der Waals surface area contributed by atoms with Crippen LogP contribution in [0.2, 0.25) is 0 Å². The van der Waals surface area contributed by atoms with Crippen molar-refractivity contribution in [3.63, 3.8) is 0 Å². The molecule has 0 radical (unpaired) electrons. The van der Waals surface area contributed by atoms with Crippen molar-refractivity contribution in [2.45, 2.75) is 32.7 Å².